The lowest BCUT2D eigenvalue weighted by Gasteiger charge is -2.33. The molecular formula is C16H26OS. The highest BCUT2D eigenvalue weighted by atomic mass is 32.1. The fourth-order valence-electron chi connectivity index (χ4n) is 2.59. The maximum atomic E-state index is 5.55. The van der Waals surface area contributed by atoms with Gasteiger partial charge >= 0.3 is 0 Å². The summed E-state index contributed by atoms with van der Waals surface area (Å²) in [6, 6.07) is 8.48. The molecule has 0 atom stereocenters. The van der Waals surface area contributed by atoms with Gasteiger partial charge in [0.25, 0.3) is 0 Å². The lowest BCUT2D eigenvalue weighted by molar-refractivity contribution is 0.283. The Morgan fingerprint density at radius 1 is 1.00 bits per heavy atom. The Kier molecular flexibility index (Phi) is 5.15. The van der Waals surface area contributed by atoms with Crippen molar-refractivity contribution in [1.29, 1.82) is 0 Å². The summed E-state index contributed by atoms with van der Waals surface area (Å²) < 4.78 is 5.55. The molecule has 0 aromatic heterocycles. The summed E-state index contributed by atoms with van der Waals surface area (Å²) in [4.78, 5) is 0. The highest BCUT2D eigenvalue weighted by Crippen LogP contribution is 2.36. The van der Waals surface area contributed by atoms with Gasteiger partial charge in [-0.15, -0.1) is 0 Å². The molecule has 1 nitrogen and oxygen atoms in total. The lowest BCUT2D eigenvalue weighted by atomic mass is 9.72. The van der Waals surface area contributed by atoms with Gasteiger partial charge in [-0.3, -0.25) is 0 Å². The summed E-state index contributed by atoms with van der Waals surface area (Å²) in [5, 5.41) is 0. The summed E-state index contributed by atoms with van der Waals surface area (Å²) >= 11 is 4.14. The zero-order chi connectivity index (χ0) is 13.8. The van der Waals surface area contributed by atoms with Crippen molar-refractivity contribution in [2.24, 2.45) is 5.41 Å². The third kappa shape index (κ3) is 4.93. The van der Waals surface area contributed by atoms with Crippen LogP contribution < -0.4 is 4.74 Å². The fourth-order valence-corrected chi connectivity index (χ4v) is 2.69. The lowest BCUT2D eigenvalue weighted by Crippen LogP contribution is -2.24. The van der Waals surface area contributed by atoms with Crippen LogP contribution in [-0.2, 0) is 5.41 Å². The molecule has 0 bridgehead atoms. The molecule has 0 saturated carbocycles. The molecule has 0 aliphatic rings. The SMILES string of the molecule is CC(C)(C)CC(C)(C)c1ccc(OCCS)cc1. The van der Waals surface area contributed by atoms with Crippen LogP contribution in [0, 0.1) is 5.41 Å². The van der Waals surface area contributed by atoms with Gasteiger partial charge in [-0.05, 0) is 34.9 Å². The van der Waals surface area contributed by atoms with Gasteiger partial charge in [0.15, 0.2) is 0 Å². The molecule has 2 heteroatoms. The minimum Gasteiger partial charge on any atom is -0.493 e. The molecule has 102 valence electrons. The molecule has 0 aliphatic heterocycles. The predicted octanol–water partition coefficient (Wildman–Crippen LogP) is 4.71. The molecule has 1 rings (SSSR count). The normalized spacial score (nSPS) is 12.6. The third-order valence-corrected chi connectivity index (χ3v) is 3.15. The van der Waals surface area contributed by atoms with Gasteiger partial charge in [0.1, 0.15) is 5.75 Å². The van der Waals surface area contributed by atoms with Crippen molar-refractivity contribution in [2.45, 2.75) is 46.5 Å². The molecule has 1 aromatic rings. The van der Waals surface area contributed by atoms with Crippen molar-refractivity contribution < 1.29 is 4.74 Å². The molecular weight excluding hydrogens is 240 g/mol. The minimum absolute atomic E-state index is 0.195. The Morgan fingerprint density at radius 2 is 1.56 bits per heavy atom. The van der Waals surface area contributed by atoms with Crippen LogP contribution >= 0.6 is 12.6 Å². The van der Waals surface area contributed by atoms with E-state index in [9.17, 15) is 0 Å². The number of benzene rings is 1. The second-order valence-corrected chi connectivity index (χ2v) is 7.16. The zero-order valence-electron chi connectivity index (χ0n) is 12.3. The maximum absolute atomic E-state index is 5.55. The van der Waals surface area contributed by atoms with Crippen LogP contribution in [0.5, 0.6) is 5.75 Å². The standard InChI is InChI=1S/C16H26OS/c1-15(2,3)12-16(4,5)13-6-8-14(9-7-13)17-10-11-18/h6-9,18H,10-12H2,1-5H3. The monoisotopic (exact) mass is 266 g/mol. The van der Waals surface area contributed by atoms with Crippen LogP contribution in [-0.4, -0.2) is 12.4 Å². The molecule has 0 aliphatic carbocycles. The summed E-state index contributed by atoms with van der Waals surface area (Å²) in [6.45, 7) is 12.1. The molecule has 1 aromatic carbocycles. The van der Waals surface area contributed by atoms with Crippen LogP contribution in [0.15, 0.2) is 24.3 Å². The molecule has 18 heavy (non-hydrogen) atoms. The zero-order valence-corrected chi connectivity index (χ0v) is 13.2. The summed E-state index contributed by atoms with van der Waals surface area (Å²) in [6.07, 6.45) is 1.16. The van der Waals surface area contributed by atoms with Gasteiger partial charge in [0, 0.05) is 5.75 Å². The third-order valence-electron chi connectivity index (χ3n) is 2.97. The quantitative estimate of drug-likeness (QED) is 0.759. The van der Waals surface area contributed by atoms with Crippen molar-refractivity contribution in [3.05, 3.63) is 29.8 Å². The summed E-state index contributed by atoms with van der Waals surface area (Å²) in [5.41, 5.74) is 1.90. The van der Waals surface area contributed by atoms with E-state index >= 15 is 0 Å². The molecule has 0 fully saturated rings. The first kappa shape index (κ1) is 15.4. The number of hydrogen-bond acceptors (Lipinski definition) is 2. The number of ether oxygens (including phenoxy) is 1. The molecule has 0 amide bonds. The number of hydrogen-bond donors (Lipinski definition) is 1. The second kappa shape index (κ2) is 6.01. The van der Waals surface area contributed by atoms with Crippen LogP contribution in [0.3, 0.4) is 0 Å². The number of thiol groups is 1. The molecule has 0 heterocycles. The van der Waals surface area contributed by atoms with Crippen LogP contribution in [0.1, 0.15) is 46.6 Å². The van der Waals surface area contributed by atoms with Gasteiger partial charge in [0.05, 0.1) is 6.61 Å². The van der Waals surface area contributed by atoms with E-state index in [4.69, 9.17) is 4.74 Å². The highest BCUT2D eigenvalue weighted by Gasteiger charge is 2.27. The van der Waals surface area contributed by atoms with Gasteiger partial charge in [-0.2, -0.15) is 12.6 Å². The largest absolute Gasteiger partial charge is 0.493 e. The predicted molar refractivity (Wildman–Crippen MR) is 82.9 cm³/mol. The molecule has 0 radical (unpaired) electrons. The van der Waals surface area contributed by atoms with Crippen molar-refractivity contribution in [3.63, 3.8) is 0 Å². The first-order valence-electron chi connectivity index (χ1n) is 6.59. The van der Waals surface area contributed by atoms with Crippen molar-refractivity contribution in [3.8, 4) is 5.75 Å². The van der Waals surface area contributed by atoms with E-state index in [1.165, 1.54) is 5.56 Å². The molecule has 0 unspecified atom stereocenters. The van der Waals surface area contributed by atoms with Gasteiger partial charge in [-0.25, -0.2) is 0 Å². The van der Waals surface area contributed by atoms with Crippen molar-refractivity contribution in [2.75, 3.05) is 12.4 Å². The molecule has 0 spiro atoms. The van der Waals surface area contributed by atoms with E-state index < -0.39 is 0 Å². The van der Waals surface area contributed by atoms with E-state index in [0.29, 0.717) is 12.0 Å². The van der Waals surface area contributed by atoms with Crippen molar-refractivity contribution in [1.82, 2.24) is 0 Å². The fraction of sp³-hybridized carbons (Fsp3) is 0.625. The maximum Gasteiger partial charge on any atom is 0.119 e. The smallest absolute Gasteiger partial charge is 0.119 e. The van der Waals surface area contributed by atoms with Crippen LogP contribution in [0.25, 0.3) is 0 Å². The van der Waals surface area contributed by atoms with Crippen LogP contribution in [0.2, 0.25) is 0 Å². The van der Waals surface area contributed by atoms with Gasteiger partial charge in [0.2, 0.25) is 0 Å². The Hall–Kier alpha value is -0.630. The second-order valence-electron chi connectivity index (χ2n) is 6.72. The average molecular weight is 266 g/mol. The Morgan fingerprint density at radius 3 is 2.00 bits per heavy atom. The first-order chi connectivity index (χ1) is 8.24. The van der Waals surface area contributed by atoms with Crippen LogP contribution in [0.4, 0.5) is 0 Å². The number of rotatable bonds is 5. The Balaban J connectivity index is 2.77. The van der Waals surface area contributed by atoms with E-state index in [-0.39, 0.29) is 5.41 Å². The molecule has 0 N–H and O–H groups in total. The summed E-state index contributed by atoms with van der Waals surface area (Å²) in [5.74, 6) is 1.68. The first-order valence-corrected chi connectivity index (χ1v) is 7.22. The van der Waals surface area contributed by atoms with Gasteiger partial charge < -0.3 is 4.74 Å². The van der Waals surface area contributed by atoms with E-state index in [2.05, 4.69) is 71.5 Å². The van der Waals surface area contributed by atoms with Gasteiger partial charge in [-0.1, -0.05) is 46.8 Å². The minimum atomic E-state index is 0.195. The van der Waals surface area contributed by atoms with Crippen molar-refractivity contribution >= 4 is 12.6 Å². The summed E-state index contributed by atoms with van der Waals surface area (Å²) in [7, 11) is 0. The highest BCUT2D eigenvalue weighted by molar-refractivity contribution is 7.80. The van der Waals surface area contributed by atoms with E-state index in [0.717, 1.165) is 17.9 Å². The Labute approximate surface area is 117 Å². The topological polar surface area (TPSA) is 9.23 Å². The van der Waals surface area contributed by atoms with E-state index in [1.54, 1.807) is 0 Å². The van der Waals surface area contributed by atoms with E-state index in [1.807, 2.05) is 0 Å². The molecule has 0 saturated heterocycles. The Bertz CT molecular complexity index is 360. The average Bonchev–Trinajstić information content (AvgIpc) is 2.23.